The molecule has 1 heterocycles. The van der Waals surface area contributed by atoms with Crippen LogP contribution in [0.1, 0.15) is 22.6 Å². The molecule has 0 saturated heterocycles. The Morgan fingerprint density at radius 1 is 0.630 bits per heavy atom. The topological polar surface area (TPSA) is 29.0 Å². The molecule has 4 rings (SSSR count). The van der Waals surface area contributed by atoms with E-state index < -0.39 is 0 Å². The zero-order valence-electron chi connectivity index (χ0n) is 15.5. The first-order valence-corrected chi connectivity index (χ1v) is 9.30. The molecule has 134 valence electrons. The van der Waals surface area contributed by atoms with Crippen molar-refractivity contribution in [3.05, 3.63) is 108 Å². The molecule has 0 radical (unpaired) electrons. The molecule has 4 aromatic rings. The monoisotopic (exact) mass is 353 g/mol. The molecule has 3 aromatic carbocycles. The number of para-hydroxylation sites is 1. The van der Waals surface area contributed by atoms with Gasteiger partial charge >= 0.3 is 0 Å². The Kier molecular flexibility index (Phi) is 5.22. The lowest BCUT2D eigenvalue weighted by atomic mass is 10.1. The molecule has 0 saturated carbocycles. The molecule has 0 N–H and O–H groups in total. The predicted octanol–water partition coefficient (Wildman–Crippen LogP) is 5.14. The van der Waals surface area contributed by atoms with E-state index in [4.69, 9.17) is 9.97 Å². The van der Waals surface area contributed by atoms with Crippen LogP contribution in [0.25, 0.3) is 10.9 Å². The Hall–Kier alpha value is -3.04. The highest BCUT2D eigenvalue weighted by atomic mass is 15.1. The Morgan fingerprint density at radius 3 is 1.81 bits per heavy atom. The van der Waals surface area contributed by atoms with Crippen molar-refractivity contribution in [3.8, 4) is 0 Å². The van der Waals surface area contributed by atoms with E-state index in [9.17, 15) is 0 Å². The number of hydrogen-bond donors (Lipinski definition) is 0. The number of nitrogens with zero attached hydrogens (tertiary/aromatic N) is 3. The van der Waals surface area contributed by atoms with Gasteiger partial charge in [-0.05, 0) is 24.1 Å². The molecule has 0 atom stereocenters. The first kappa shape index (κ1) is 17.4. The van der Waals surface area contributed by atoms with Crippen LogP contribution in [0, 0.1) is 6.92 Å². The smallest absolute Gasteiger partial charge is 0.143 e. The van der Waals surface area contributed by atoms with Crippen molar-refractivity contribution >= 4 is 10.9 Å². The molecule has 0 spiro atoms. The van der Waals surface area contributed by atoms with E-state index in [-0.39, 0.29) is 0 Å². The minimum Gasteiger partial charge on any atom is -0.287 e. The molecule has 0 unspecified atom stereocenters. The molecule has 0 aliphatic rings. The Balaban J connectivity index is 1.62. The van der Waals surface area contributed by atoms with E-state index in [1.165, 1.54) is 11.1 Å². The van der Waals surface area contributed by atoms with Crippen LogP contribution in [0.15, 0.2) is 84.9 Å². The average molecular weight is 353 g/mol. The van der Waals surface area contributed by atoms with Gasteiger partial charge in [0, 0.05) is 24.2 Å². The molecule has 0 aliphatic heterocycles. The fourth-order valence-electron chi connectivity index (χ4n) is 3.42. The summed E-state index contributed by atoms with van der Waals surface area (Å²) >= 11 is 0. The van der Waals surface area contributed by atoms with Crippen LogP contribution in [0.2, 0.25) is 0 Å². The third-order valence-corrected chi connectivity index (χ3v) is 4.70. The van der Waals surface area contributed by atoms with Crippen molar-refractivity contribution in [3.63, 3.8) is 0 Å². The molecule has 0 amide bonds. The molecule has 3 heteroatoms. The lowest BCUT2D eigenvalue weighted by molar-refractivity contribution is 0.241. The summed E-state index contributed by atoms with van der Waals surface area (Å²) in [5.41, 5.74) is 4.64. The molecule has 1 aromatic heterocycles. The maximum Gasteiger partial charge on any atom is 0.143 e. The van der Waals surface area contributed by atoms with Gasteiger partial charge in [0.05, 0.1) is 12.1 Å². The summed E-state index contributed by atoms with van der Waals surface area (Å²) < 4.78 is 0. The summed E-state index contributed by atoms with van der Waals surface area (Å²) in [6, 6.07) is 29.4. The standard InChI is InChI=1S/C24H23N3/c1-19-22-14-8-9-15-23(22)26-24(25-19)18-27(16-20-10-4-2-5-11-20)17-21-12-6-3-7-13-21/h2-15H,16-18H2,1H3. The molecule has 0 bridgehead atoms. The molecule has 0 aliphatic carbocycles. The fourth-order valence-corrected chi connectivity index (χ4v) is 3.42. The number of aromatic nitrogens is 2. The number of rotatable bonds is 6. The molecule has 3 nitrogen and oxygen atoms in total. The lowest BCUT2D eigenvalue weighted by Gasteiger charge is -2.22. The highest BCUT2D eigenvalue weighted by Crippen LogP contribution is 2.17. The van der Waals surface area contributed by atoms with Crippen molar-refractivity contribution in [1.82, 2.24) is 14.9 Å². The van der Waals surface area contributed by atoms with Crippen molar-refractivity contribution in [1.29, 1.82) is 0 Å². The van der Waals surface area contributed by atoms with Crippen molar-refractivity contribution in [2.45, 2.75) is 26.6 Å². The van der Waals surface area contributed by atoms with Crippen molar-refractivity contribution in [2.75, 3.05) is 0 Å². The summed E-state index contributed by atoms with van der Waals surface area (Å²) in [5.74, 6) is 0.873. The van der Waals surface area contributed by atoms with Gasteiger partial charge in [0.1, 0.15) is 5.82 Å². The van der Waals surface area contributed by atoms with Gasteiger partial charge < -0.3 is 0 Å². The summed E-state index contributed by atoms with van der Waals surface area (Å²) in [5, 5.41) is 1.12. The van der Waals surface area contributed by atoms with E-state index in [1.54, 1.807) is 0 Å². The van der Waals surface area contributed by atoms with Crippen molar-refractivity contribution < 1.29 is 0 Å². The molecular formula is C24H23N3. The Morgan fingerprint density at radius 2 is 1.19 bits per heavy atom. The average Bonchev–Trinajstić information content (AvgIpc) is 2.69. The van der Waals surface area contributed by atoms with Crippen LogP contribution in [0.4, 0.5) is 0 Å². The van der Waals surface area contributed by atoms with Crippen LogP contribution in [-0.2, 0) is 19.6 Å². The normalized spacial score (nSPS) is 11.2. The Labute approximate surface area is 160 Å². The maximum absolute atomic E-state index is 4.81. The first-order valence-electron chi connectivity index (χ1n) is 9.30. The number of benzene rings is 3. The fraction of sp³-hybridized carbons (Fsp3) is 0.167. The number of aryl methyl sites for hydroxylation is 1. The van der Waals surface area contributed by atoms with Gasteiger partial charge in [-0.2, -0.15) is 0 Å². The summed E-state index contributed by atoms with van der Waals surface area (Å²) in [6.45, 7) is 4.51. The van der Waals surface area contributed by atoms with Crippen LogP contribution in [0.5, 0.6) is 0 Å². The second-order valence-electron chi connectivity index (χ2n) is 6.86. The number of fused-ring (bicyclic) bond motifs is 1. The quantitative estimate of drug-likeness (QED) is 0.480. The van der Waals surface area contributed by atoms with Crippen LogP contribution < -0.4 is 0 Å². The minimum absolute atomic E-state index is 0.718. The molecule has 27 heavy (non-hydrogen) atoms. The third-order valence-electron chi connectivity index (χ3n) is 4.70. The van der Waals surface area contributed by atoms with Gasteiger partial charge in [-0.1, -0.05) is 78.9 Å². The predicted molar refractivity (Wildman–Crippen MR) is 110 cm³/mol. The minimum atomic E-state index is 0.718. The summed E-state index contributed by atoms with van der Waals surface area (Å²) in [4.78, 5) is 12.0. The van der Waals surface area contributed by atoms with Gasteiger partial charge in [-0.25, -0.2) is 9.97 Å². The zero-order valence-corrected chi connectivity index (χ0v) is 15.5. The highest BCUT2D eigenvalue weighted by molar-refractivity contribution is 5.80. The van der Waals surface area contributed by atoms with Crippen LogP contribution >= 0.6 is 0 Å². The van der Waals surface area contributed by atoms with E-state index in [0.717, 1.165) is 42.1 Å². The van der Waals surface area contributed by atoms with Gasteiger partial charge in [-0.15, -0.1) is 0 Å². The highest BCUT2D eigenvalue weighted by Gasteiger charge is 2.12. The second kappa shape index (κ2) is 8.11. The lowest BCUT2D eigenvalue weighted by Crippen LogP contribution is -2.23. The SMILES string of the molecule is Cc1nc(CN(Cc2ccccc2)Cc2ccccc2)nc2ccccc12. The Bertz CT molecular complexity index is 972. The zero-order chi connectivity index (χ0) is 18.5. The maximum atomic E-state index is 4.81. The largest absolute Gasteiger partial charge is 0.287 e. The second-order valence-corrected chi connectivity index (χ2v) is 6.86. The van der Waals surface area contributed by atoms with Crippen LogP contribution in [0.3, 0.4) is 0 Å². The van der Waals surface area contributed by atoms with Crippen molar-refractivity contribution in [2.24, 2.45) is 0 Å². The molecule has 0 fully saturated rings. The van der Waals surface area contributed by atoms with Gasteiger partial charge in [0.15, 0.2) is 0 Å². The number of hydrogen-bond acceptors (Lipinski definition) is 3. The van der Waals surface area contributed by atoms with E-state index in [0.29, 0.717) is 0 Å². The van der Waals surface area contributed by atoms with Crippen LogP contribution in [-0.4, -0.2) is 14.9 Å². The first-order chi connectivity index (χ1) is 13.3. The third kappa shape index (κ3) is 4.39. The van der Waals surface area contributed by atoms with Gasteiger partial charge in [-0.3, -0.25) is 4.90 Å². The van der Waals surface area contributed by atoms with Gasteiger partial charge in [0.25, 0.3) is 0 Å². The van der Waals surface area contributed by atoms with Gasteiger partial charge in [0.2, 0.25) is 0 Å². The summed E-state index contributed by atoms with van der Waals surface area (Å²) in [6.07, 6.45) is 0. The van der Waals surface area contributed by atoms with E-state index >= 15 is 0 Å². The van der Waals surface area contributed by atoms with E-state index in [2.05, 4.69) is 84.6 Å². The molecular weight excluding hydrogens is 330 g/mol. The van der Waals surface area contributed by atoms with E-state index in [1.807, 2.05) is 12.1 Å². The summed E-state index contributed by atoms with van der Waals surface area (Å²) in [7, 11) is 0.